The predicted octanol–water partition coefficient (Wildman–Crippen LogP) is 0.199. The van der Waals surface area contributed by atoms with Gasteiger partial charge < -0.3 is 20.1 Å². The van der Waals surface area contributed by atoms with Crippen LogP contribution in [-0.4, -0.2) is 74.9 Å². The van der Waals surface area contributed by atoms with Crippen LogP contribution < -0.4 is 10.5 Å². The molecule has 29 heavy (non-hydrogen) atoms. The average molecular weight is 426 g/mol. The van der Waals surface area contributed by atoms with Crippen molar-refractivity contribution in [2.24, 2.45) is 11.7 Å². The van der Waals surface area contributed by atoms with E-state index >= 15 is 0 Å². The molecule has 3 rings (SSSR count). The summed E-state index contributed by atoms with van der Waals surface area (Å²) in [5.74, 6) is -0.305. The molecule has 1 atom stereocenters. The van der Waals surface area contributed by atoms with Gasteiger partial charge in [-0.1, -0.05) is 0 Å². The quantitative estimate of drug-likeness (QED) is 0.695. The highest BCUT2D eigenvalue weighted by atomic mass is 32.2. The van der Waals surface area contributed by atoms with Crippen molar-refractivity contribution in [3.05, 3.63) is 24.3 Å². The summed E-state index contributed by atoms with van der Waals surface area (Å²) in [6.45, 7) is 3.75. The molecule has 2 amide bonds. The van der Waals surface area contributed by atoms with Gasteiger partial charge in [-0.2, -0.15) is 4.31 Å². The lowest BCUT2D eigenvalue weighted by molar-refractivity contribution is -0.149. The fraction of sp³-hybridized carbons (Fsp3) is 0.579. The highest BCUT2D eigenvalue weighted by Gasteiger charge is 2.36. The largest absolute Gasteiger partial charge is 0.494 e. The standard InChI is InChI=1S/C19H27N3O6S/c1-2-27-15-3-5-16(6-4-15)29(25,26)22-9-7-14(8-10-22)19(24)21-11-12-28-17(13-21)18(20)23/h3-6,14,17H,2,7-13H2,1H3,(H2,20,23). The maximum absolute atomic E-state index is 12.9. The number of piperidine rings is 1. The van der Waals surface area contributed by atoms with Crippen LogP contribution in [0, 0.1) is 5.92 Å². The molecule has 10 heteroatoms. The minimum atomic E-state index is -3.62. The molecular weight excluding hydrogens is 398 g/mol. The molecular formula is C19H27N3O6S. The zero-order chi connectivity index (χ0) is 21.0. The highest BCUT2D eigenvalue weighted by molar-refractivity contribution is 7.89. The van der Waals surface area contributed by atoms with Gasteiger partial charge in [0.15, 0.2) is 6.10 Å². The number of benzene rings is 1. The van der Waals surface area contributed by atoms with E-state index in [1.54, 1.807) is 17.0 Å². The van der Waals surface area contributed by atoms with Gasteiger partial charge in [-0.3, -0.25) is 9.59 Å². The van der Waals surface area contributed by atoms with E-state index in [-0.39, 0.29) is 43.0 Å². The number of hydrogen-bond acceptors (Lipinski definition) is 6. The van der Waals surface area contributed by atoms with Crippen molar-refractivity contribution in [1.29, 1.82) is 0 Å². The van der Waals surface area contributed by atoms with Crippen LogP contribution in [-0.2, 0) is 24.3 Å². The van der Waals surface area contributed by atoms with Crippen molar-refractivity contribution in [1.82, 2.24) is 9.21 Å². The molecule has 0 aromatic heterocycles. The van der Waals surface area contributed by atoms with Gasteiger partial charge in [0.25, 0.3) is 0 Å². The fourth-order valence-electron chi connectivity index (χ4n) is 3.65. The van der Waals surface area contributed by atoms with Crippen LogP contribution in [0.1, 0.15) is 19.8 Å². The second-order valence-corrected chi connectivity index (χ2v) is 9.07. The lowest BCUT2D eigenvalue weighted by Crippen LogP contribution is -2.53. The monoisotopic (exact) mass is 425 g/mol. The number of nitrogens with two attached hydrogens (primary N) is 1. The van der Waals surface area contributed by atoms with Crippen LogP contribution in [0.15, 0.2) is 29.2 Å². The molecule has 0 radical (unpaired) electrons. The first-order valence-corrected chi connectivity index (χ1v) is 11.2. The van der Waals surface area contributed by atoms with E-state index < -0.39 is 22.0 Å². The van der Waals surface area contributed by atoms with E-state index in [0.29, 0.717) is 31.7 Å². The highest BCUT2D eigenvalue weighted by Crippen LogP contribution is 2.26. The first kappa shape index (κ1) is 21.5. The SMILES string of the molecule is CCOc1ccc(S(=O)(=O)N2CCC(C(=O)N3CCOC(C(N)=O)C3)CC2)cc1. The molecule has 2 saturated heterocycles. The second-order valence-electron chi connectivity index (χ2n) is 7.13. The van der Waals surface area contributed by atoms with Crippen molar-refractivity contribution in [2.75, 3.05) is 39.4 Å². The van der Waals surface area contributed by atoms with Crippen LogP contribution in [0.3, 0.4) is 0 Å². The van der Waals surface area contributed by atoms with Gasteiger partial charge in [-0.25, -0.2) is 8.42 Å². The Bertz CT molecular complexity index is 834. The number of rotatable bonds is 6. The number of primary amides is 1. The molecule has 0 spiro atoms. The molecule has 2 fully saturated rings. The van der Waals surface area contributed by atoms with Gasteiger partial charge in [0.1, 0.15) is 5.75 Å². The van der Waals surface area contributed by atoms with Gasteiger partial charge in [0.2, 0.25) is 21.8 Å². The van der Waals surface area contributed by atoms with Crippen LogP contribution in [0.4, 0.5) is 0 Å². The van der Waals surface area contributed by atoms with E-state index in [9.17, 15) is 18.0 Å². The summed E-state index contributed by atoms with van der Waals surface area (Å²) in [6, 6.07) is 6.35. The minimum absolute atomic E-state index is 0.0716. The number of amides is 2. The zero-order valence-corrected chi connectivity index (χ0v) is 17.3. The Morgan fingerprint density at radius 2 is 1.83 bits per heavy atom. The van der Waals surface area contributed by atoms with E-state index in [2.05, 4.69) is 0 Å². The predicted molar refractivity (Wildman–Crippen MR) is 105 cm³/mol. The number of nitrogens with zero attached hydrogens (tertiary/aromatic N) is 2. The molecule has 1 unspecified atom stereocenters. The van der Waals surface area contributed by atoms with E-state index in [1.807, 2.05) is 6.92 Å². The third-order valence-corrected chi connectivity index (χ3v) is 7.18. The number of carbonyl (C=O) groups is 2. The summed E-state index contributed by atoms with van der Waals surface area (Å²) < 4.78 is 37.8. The molecule has 1 aromatic rings. The van der Waals surface area contributed by atoms with Crippen LogP contribution in [0.5, 0.6) is 5.75 Å². The fourth-order valence-corrected chi connectivity index (χ4v) is 5.12. The summed E-state index contributed by atoms with van der Waals surface area (Å²) in [5.41, 5.74) is 5.27. The van der Waals surface area contributed by atoms with Gasteiger partial charge in [0.05, 0.1) is 24.7 Å². The van der Waals surface area contributed by atoms with Crippen LogP contribution in [0.2, 0.25) is 0 Å². The Hall–Kier alpha value is -2.17. The maximum atomic E-state index is 12.9. The summed E-state index contributed by atoms with van der Waals surface area (Å²) >= 11 is 0. The molecule has 9 nitrogen and oxygen atoms in total. The molecule has 0 saturated carbocycles. The van der Waals surface area contributed by atoms with E-state index in [1.165, 1.54) is 16.4 Å². The maximum Gasteiger partial charge on any atom is 0.248 e. The van der Waals surface area contributed by atoms with Crippen molar-refractivity contribution >= 4 is 21.8 Å². The van der Waals surface area contributed by atoms with Gasteiger partial charge in [0, 0.05) is 25.6 Å². The minimum Gasteiger partial charge on any atom is -0.494 e. The summed E-state index contributed by atoms with van der Waals surface area (Å²) in [5, 5.41) is 0. The van der Waals surface area contributed by atoms with Gasteiger partial charge in [-0.05, 0) is 44.0 Å². The lowest BCUT2D eigenvalue weighted by atomic mass is 9.96. The third-order valence-electron chi connectivity index (χ3n) is 5.27. The molecule has 0 bridgehead atoms. The second kappa shape index (κ2) is 9.10. The number of ether oxygens (including phenoxy) is 2. The molecule has 160 valence electrons. The molecule has 2 N–H and O–H groups in total. The van der Waals surface area contributed by atoms with Crippen molar-refractivity contribution in [3.8, 4) is 5.75 Å². The van der Waals surface area contributed by atoms with Crippen LogP contribution in [0.25, 0.3) is 0 Å². The van der Waals surface area contributed by atoms with Crippen molar-refractivity contribution in [2.45, 2.75) is 30.8 Å². The lowest BCUT2D eigenvalue weighted by Gasteiger charge is -2.36. The Morgan fingerprint density at radius 1 is 1.17 bits per heavy atom. The smallest absolute Gasteiger partial charge is 0.248 e. The molecule has 2 heterocycles. The first-order valence-electron chi connectivity index (χ1n) is 9.75. The molecule has 2 aliphatic heterocycles. The first-order chi connectivity index (χ1) is 13.8. The average Bonchev–Trinajstić information content (AvgIpc) is 2.74. The number of morpholine rings is 1. The Balaban J connectivity index is 1.59. The third kappa shape index (κ3) is 4.88. The Morgan fingerprint density at radius 3 is 2.41 bits per heavy atom. The van der Waals surface area contributed by atoms with E-state index in [4.69, 9.17) is 15.2 Å². The Labute approximate surface area is 170 Å². The van der Waals surface area contributed by atoms with Gasteiger partial charge in [-0.15, -0.1) is 0 Å². The normalized spacial score (nSPS) is 21.7. The summed E-state index contributed by atoms with van der Waals surface area (Å²) in [4.78, 5) is 25.9. The number of carbonyl (C=O) groups excluding carboxylic acids is 2. The van der Waals surface area contributed by atoms with Crippen molar-refractivity contribution in [3.63, 3.8) is 0 Å². The van der Waals surface area contributed by atoms with E-state index in [0.717, 1.165) is 0 Å². The zero-order valence-electron chi connectivity index (χ0n) is 16.5. The molecule has 0 aliphatic carbocycles. The molecule has 2 aliphatic rings. The number of sulfonamides is 1. The van der Waals surface area contributed by atoms with Gasteiger partial charge >= 0.3 is 0 Å². The molecule has 1 aromatic carbocycles. The van der Waals surface area contributed by atoms with Crippen LogP contribution >= 0.6 is 0 Å². The topological polar surface area (TPSA) is 119 Å². The summed E-state index contributed by atoms with van der Waals surface area (Å²) in [6.07, 6.45) is 0.0919. The number of hydrogen-bond donors (Lipinski definition) is 1. The summed E-state index contributed by atoms with van der Waals surface area (Å²) in [7, 11) is -3.62. The van der Waals surface area contributed by atoms with Crippen molar-refractivity contribution < 1.29 is 27.5 Å². The Kier molecular flexibility index (Phi) is 6.76.